The quantitative estimate of drug-likeness (QED) is 0.865. The SMILES string of the molecule is CCC(CN)CN(C)Cc1csc2ccccc12. The van der Waals surface area contributed by atoms with Crippen LogP contribution in [0.25, 0.3) is 10.1 Å². The number of thiophene rings is 1. The van der Waals surface area contributed by atoms with E-state index in [1.165, 1.54) is 15.6 Å². The van der Waals surface area contributed by atoms with E-state index in [1.807, 2.05) is 11.3 Å². The van der Waals surface area contributed by atoms with Crippen LogP contribution in [-0.2, 0) is 6.54 Å². The highest BCUT2D eigenvalue weighted by molar-refractivity contribution is 7.17. The Kier molecular flexibility index (Phi) is 4.75. The molecule has 98 valence electrons. The molecule has 18 heavy (non-hydrogen) atoms. The average molecular weight is 262 g/mol. The molecule has 1 unspecified atom stereocenters. The molecule has 2 N–H and O–H groups in total. The highest BCUT2D eigenvalue weighted by atomic mass is 32.1. The van der Waals surface area contributed by atoms with Crippen molar-refractivity contribution in [1.82, 2.24) is 4.90 Å². The molecule has 0 aliphatic carbocycles. The normalized spacial score (nSPS) is 13.3. The Morgan fingerprint density at radius 2 is 2.11 bits per heavy atom. The van der Waals surface area contributed by atoms with Gasteiger partial charge in [-0.1, -0.05) is 31.5 Å². The molecular formula is C15H22N2S. The first-order chi connectivity index (χ1) is 8.74. The Hall–Kier alpha value is -0.900. The van der Waals surface area contributed by atoms with E-state index in [1.54, 1.807) is 0 Å². The Labute approximate surface area is 113 Å². The van der Waals surface area contributed by atoms with Gasteiger partial charge < -0.3 is 10.6 Å². The molecule has 2 nitrogen and oxygen atoms in total. The van der Waals surface area contributed by atoms with Gasteiger partial charge in [-0.2, -0.15) is 0 Å². The predicted octanol–water partition coefficient (Wildman–Crippen LogP) is 3.32. The van der Waals surface area contributed by atoms with Crippen molar-refractivity contribution in [3.05, 3.63) is 35.2 Å². The second-order valence-corrected chi connectivity index (χ2v) is 5.88. The van der Waals surface area contributed by atoms with Gasteiger partial charge in [0.25, 0.3) is 0 Å². The maximum Gasteiger partial charge on any atom is 0.0346 e. The van der Waals surface area contributed by atoms with Crippen molar-refractivity contribution in [2.45, 2.75) is 19.9 Å². The van der Waals surface area contributed by atoms with Crippen LogP contribution in [0.3, 0.4) is 0 Å². The number of hydrogen-bond acceptors (Lipinski definition) is 3. The summed E-state index contributed by atoms with van der Waals surface area (Å²) in [6.45, 7) is 5.09. The molecule has 0 fully saturated rings. The largest absolute Gasteiger partial charge is 0.330 e. The summed E-state index contributed by atoms with van der Waals surface area (Å²) < 4.78 is 1.38. The molecule has 2 rings (SSSR count). The molecule has 0 bridgehead atoms. The molecule has 3 heteroatoms. The predicted molar refractivity (Wildman–Crippen MR) is 81.0 cm³/mol. The lowest BCUT2D eigenvalue weighted by atomic mass is 10.1. The second-order valence-electron chi connectivity index (χ2n) is 4.96. The van der Waals surface area contributed by atoms with Crippen molar-refractivity contribution >= 4 is 21.4 Å². The average Bonchev–Trinajstić information content (AvgIpc) is 2.79. The summed E-state index contributed by atoms with van der Waals surface area (Å²) in [4.78, 5) is 2.38. The summed E-state index contributed by atoms with van der Waals surface area (Å²) in [5, 5.41) is 3.68. The Balaban J connectivity index is 2.04. The van der Waals surface area contributed by atoms with Crippen LogP contribution in [0.5, 0.6) is 0 Å². The zero-order chi connectivity index (χ0) is 13.0. The first-order valence-electron chi connectivity index (χ1n) is 6.58. The zero-order valence-corrected chi connectivity index (χ0v) is 12.0. The van der Waals surface area contributed by atoms with Crippen molar-refractivity contribution in [3.8, 4) is 0 Å². The molecule has 0 saturated heterocycles. The fourth-order valence-electron chi connectivity index (χ4n) is 2.32. The van der Waals surface area contributed by atoms with Crippen LogP contribution in [0.15, 0.2) is 29.6 Å². The number of nitrogens with two attached hydrogens (primary N) is 1. The Morgan fingerprint density at radius 1 is 1.33 bits per heavy atom. The van der Waals surface area contributed by atoms with E-state index >= 15 is 0 Å². The molecule has 0 amide bonds. The topological polar surface area (TPSA) is 29.3 Å². The van der Waals surface area contributed by atoms with Crippen LogP contribution in [0.4, 0.5) is 0 Å². The van der Waals surface area contributed by atoms with E-state index in [2.05, 4.69) is 48.5 Å². The number of rotatable bonds is 6. The molecule has 0 aliphatic rings. The molecular weight excluding hydrogens is 240 g/mol. The van der Waals surface area contributed by atoms with Crippen LogP contribution in [0, 0.1) is 5.92 Å². The maximum absolute atomic E-state index is 5.77. The number of benzene rings is 1. The molecule has 1 aromatic carbocycles. The van der Waals surface area contributed by atoms with E-state index in [0.29, 0.717) is 5.92 Å². The van der Waals surface area contributed by atoms with Gasteiger partial charge in [0.2, 0.25) is 0 Å². The first-order valence-corrected chi connectivity index (χ1v) is 7.46. The standard InChI is InChI=1S/C15H22N2S/c1-3-12(8-16)9-17(2)10-13-11-18-15-7-5-4-6-14(13)15/h4-7,11-12H,3,8-10,16H2,1-2H3. The fraction of sp³-hybridized carbons (Fsp3) is 0.467. The van der Waals surface area contributed by atoms with Gasteiger partial charge in [-0.05, 0) is 41.9 Å². The molecule has 2 aromatic rings. The smallest absolute Gasteiger partial charge is 0.0346 e. The van der Waals surface area contributed by atoms with Gasteiger partial charge in [-0.15, -0.1) is 11.3 Å². The Morgan fingerprint density at radius 3 is 2.83 bits per heavy atom. The lowest BCUT2D eigenvalue weighted by Gasteiger charge is -2.21. The summed E-state index contributed by atoms with van der Waals surface area (Å²) in [6, 6.07) is 8.63. The lowest BCUT2D eigenvalue weighted by Crippen LogP contribution is -2.29. The van der Waals surface area contributed by atoms with Crippen molar-refractivity contribution in [2.75, 3.05) is 20.1 Å². The minimum atomic E-state index is 0.611. The van der Waals surface area contributed by atoms with Crippen molar-refractivity contribution in [1.29, 1.82) is 0 Å². The summed E-state index contributed by atoms with van der Waals surface area (Å²) in [7, 11) is 2.19. The van der Waals surface area contributed by atoms with E-state index < -0.39 is 0 Å². The zero-order valence-electron chi connectivity index (χ0n) is 11.2. The van der Waals surface area contributed by atoms with E-state index in [-0.39, 0.29) is 0 Å². The third kappa shape index (κ3) is 3.10. The van der Waals surface area contributed by atoms with Crippen LogP contribution in [0.2, 0.25) is 0 Å². The molecule has 0 saturated carbocycles. The number of hydrogen-bond donors (Lipinski definition) is 1. The van der Waals surface area contributed by atoms with Gasteiger partial charge in [0.1, 0.15) is 0 Å². The van der Waals surface area contributed by atoms with Crippen molar-refractivity contribution in [2.24, 2.45) is 11.7 Å². The third-order valence-corrected chi connectivity index (χ3v) is 4.49. The minimum absolute atomic E-state index is 0.611. The Bertz CT molecular complexity index is 488. The van der Waals surface area contributed by atoms with Gasteiger partial charge in [-0.25, -0.2) is 0 Å². The fourth-order valence-corrected chi connectivity index (χ4v) is 3.28. The summed E-state index contributed by atoms with van der Waals surface area (Å²) in [5.41, 5.74) is 7.21. The van der Waals surface area contributed by atoms with Gasteiger partial charge in [0.05, 0.1) is 0 Å². The molecule has 0 spiro atoms. The molecule has 0 radical (unpaired) electrons. The summed E-state index contributed by atoms with van der Waals surface area (Å²) in [6.07, 6.45) is 1.16. The second kappa shape index (κ2) is 6.32. The van der Waals surface area contributed by atoms with Crippen LogP contribution in [0.1, 0.15) is 18.9 Å². The van der Waals surface area contributed by atoms with Crippen LogP contribution >= 0.6 is 11.3 Å². The minimum Gasteiger partial charge on any atom is -0.330 e. The van der Waals surface area contributed by atoms with E-state index in [0.717, 1.165) is 26.1 Å². The maximum atomic E-state index is 5.77. The van der Waals surface area contributed by atoms with Crippen LogP contribution < -0.4 is 5.73 Å². The molecule has 1 aromatic heterocycles. The highest BCUT2D eigenvalue weighted by Gasteiger charge is 2.10. The van der Waals surface area contributed by atoms with E-state index in [4.69, 9.17) is 5.73 Å². The van der Waals surface area contributed by atoms with Crippen molar-refractivity contribution < 1.29 is 0 Å². The number of fused-ring (bicyclic) bond motifs is 1. The molecule has 1 heterocycles. The van der Waals surface area contributed by atoms with Gasteiger partial charge in [-0.3, -0.25) is 0 Å². The molecule has 0 aliphatic heterocycles. The summed E-state index contributed by atoms with van der Waals surface area (Å²) >= 11 is 1.83. The van der Waals surface area contributed by atoms with Crippen LogP contribution in [-0.4, -0.2) is 25.0 Å². The van der Waals surface area contributed by atoms with Gasteiger partial charge in [0.15, 0.2) is 0 Å². The van der Waals surface area contributed by atoms with Crippen molar-refractivity contribution in [3.63, 3.8) is 0 Å². The summed E-state index contributed by atoms with van der Waals surface area (Å²) in [5.74, 6) is 0.611. The third-order valence-electron chi connectivity index (χ3n) is 3.48. The van der Waals surface area contributed by atoms with E-state index in [9.17, 15) is 0 Å². The molecule has 1 atom stereocenters. The lowest BCUT2D eigenvalue weighted by molar-refractivity contribution is 0.269. The van der Waals surface area contributed by atoms with Gasteiger partial charge >= 0.3 is 0 Å². The first kappa shape index (κ1) is 13.5. The van der Waals surface area contributed by atoms with Gasteiger partial charge in [0, 0.05) is 17.8 Å². The number of nitrogens with zero attached hydrogens (tertiary/aromatic N) is 1. The highest BCUT2D eigenvalue weighted by Crippen LogP contribution is 2.26. The monoisotopic (exact) mass is 262 g/mol.